The molecule has 1 aromatic heterocycles. The fourth-order valence-corrected chi connectivity index (χ4v) is 1.76. The molecule has 0 saturated carbocycles. The van der Waals surface area contributed by atoms with Crippen molar-refractivity contribution in [2.24, 2.45) is 0 Å². The third kappa shape index (κ3) is 2.39. The number of nitrogens with zero attached hydrogens (tertiary/aromatic N) is 2. The first-order valence-corrected chi connectivity index (χ1v) is 5.48. The van der Waals surface area contributed by atoms with Crippen LogP contribution in [0.15, 0.2) is 42.9 Å². The molecule has 1 saturated heterocycles. The molecule has 5 heteroatoms. The normalized spacial score (nSPS) is 17.4. The van der Waals surface area contributed by atoms with Crippen LogP contribution in [0.2, 0.25) is 0 Å². The Labute approximate surface area is 105 Å². The Morgan fingerprint density at radius 3 is 2.82 bits per heavy atom. The molecule has 4 nitrogen and oxygen atoms in total. The van der Waals surface area contributed by atoms with Gasteiger partial charge >= 0.3 is 0 Å². The number of hydrogen-bond donors (Lipinski definition) is 1. The third-order valence-corrected chi connectivity index (χ3v) is 2.61. The zero-order chi connectivity index (χ0) is 12.3. The molecule has 0 aliphatic carbocycles. The molecule has 86 valence electrons. The number of hydrogen-bond acceptors (Lipinski definition) is 3. The fraction of sp³-hybridized carbons (Fsp3) is 0.0833. The van der Waals surface area contributed by atoms with Crippen molar-refractivity contribution in [3.63, 3.8) is 0 Å². The predicted molar refractivity (Wildman–Crippen MR) is 69.9 cm³/mol. The van der Waals surface area contributed by atoms with Gasteiger partial charge in [-0.3, -0.25) is 14.7 Å². The van der Waals surface area contributed by atoms with E-state index in [4.69, 9.17) is 12.2 Å². The van der Waals surface area contributed by atoms with Gasteiger partial charge in [0.05, 0.1) is 0 Å². The molecule has 1 aliphatic rings. The number of thiocarbonyl (C=S) groups is 1. The van der Waals surface area contributed by atoms with Crippen molar-refractivity contribution in [1.82, 2.24) is 15.2 Å². The Morgan fingerprint density at radius 1 is 1.47 bits per heavy atom. The molecular weight excluding hydrogens is 234 g/mol. The number of pyridine rings is 1. The van der Waals surface area contributed by atoms with Crippen LogP contribution in [0.25, 0.3) is 6.08 Å². The van der Waals surface area contributed by atoms with Crippen molar-refractivity contribution in [2.45, 2.75) is 0 Å². The van der Waals surface area contributed by atoms with Crippen molar-refractivity contribution in [3.05, 3.63) is 48.4 Å². The van der Waals surface area contributed by atoms with E-state index >= 15 is 0 Å². The summed E-state index contributed by atoms with van der Waals surface area (Å²) >= 11 is 5.07. The summed E-state index contributed by atoms with van der Waals surface area (Å²) < 4.78 is 0. The molecule has 2 heterocycles. The van der Waals surface area contributed by atoms with Gasteiger partial charge in [-0.2, -0.15) is 0 Å². The number of nitrogens with one attached hydrogen (secondary N) is 1. The molecule has 2 rings (SSSR count). The number of carbonyl (C=O) groups is 1. The van der Waals surface area contributed by atoms with Gasteiger partial charge in [-0.15, -0.1) is 6.58 Å². The van der Waals surface area contributed by atoms with E-state index in [1.54, 1.807) is 24.5 Å². The van der Waals surface area contributed by atoms with Crippen molar-refractivity contribution in [2.75, 3.05) is 6.54 Å². The van der Waals surface area contributed by atoms with Crippen LogP contribution in [-0.4, -0.2) is 27.4 Å². The van der Waals surface area contributed by atoms with Crippen molar-refractivity contribution < 1.29 is 4.79 Å². The topological polar surface area (TPSA) is 45.2 Å². The smallest absolute Gasteiger partial charge is 0.276 e. The Kier molecular flexibility index (Phi) is 3.30. The highest BCUT2D eigenvalue weighted by Gasteiger charge is 2.29. The first-order chi connectivity index (χ1) is 8.22. The maximum Gasteiger partial charge on any atom is 0.276 e. The van der Waals surface area contributed by atoms with Crippen LogP contribution in [-0.2, 0) is 4.79 Å². The molecular formula is C12H11N3OS. The minimum atomic E-state index is -0.133. The zero-order valence-electron chi connectivity index (χ0n) is 9.09. The van der Waals surface area contributed by atoms with Gasteiger partial charge in [0.2, 0.25) is 0 Å². The van der Waals surface area contributed by atoms with Gasteiger partial charge in [-0.05, 0) is 36.0 Å². The monoisotopic (exact) mass is 245 g/mol. The van der Waals surface area contributed by atoms with Gasteiger partial charge in [-0.1, -0.05) is 6.08 Å². The van der Waals surface area contributed by atoms with Crippen LogP contribution in [0, 0.1) is 0 Å². The molecule has 1 N–H and O–H groups in total. The first-order valence-electron chi connectivity index (χ1n) is 5.08. The van der Waals surface area contributed by atoms with Gasteiger partial charge in [0.15, 0.2) is 5.11 Å². The Balaban J connectivity index is 2.25. The maximum atomic E-state index is 12.0. The van der Waals surface area contributed by atoms with Gasteiger partial charge in [0.1, 0.15) is 5.70 Å². The molecule has 1 aliphatic heterocycles. The van der Waals surface area contributed by atoms with Crippen LogP contribution in [0.3, 0.4) is 0 Å². The van der Waals surface area contributed by atoms with E-state index in [2.05, 4.69) is 16.9 Å². The van der Waals surface area contributed by atoms with Crippen LogP contribution >= 0.6 is 12.2 Å². The lowest BCUT2D eigenvalue weighted by atomic mass is 10.2. The largest absolute Gasteiger partial charge is 0.328 e. The van der Waals surface area contributed by atoms with E-state index in [1.807, 2.05) is 12.1 Å². The van der Waals surface area contributed by atoms with E-state index in [9.17, 15) is 4.79 Å². The highest BCUT2D eigenvalue weighted by Crippen LogP contribution is 2.13. The van der Waals surface area contributed by atoms with E-state index in [0.29, 0.717) is 17.4 Å². The van der Waals surface area contributed by atoms with Gasteiger partial charge in [0, 0.05) is 18.9 Å². The first kappa shape index (κ1) is 11.5. The lowest BCUT2D eigenvalue weighted by molar-refractivity contribution is -0.122. The van der Waals surface area contributed by atoms with Crippen LogP contribution in [0.1, 0.15) is 5.56 Å². The Hall–Kier alpha value is -2.01. The second-order valence-corrected chi connectivity index (χ2v) is 3.86. The molecule has 0 bridgehead atoms. The van der Waals surface area contributed by atoms with Gasteiger partial charge in [-0.25, -0.2) is 0 Å². The summed E-state index contributed by atoms with van der Waals surface area (Å²) in [5.74, 6) is -0.133. The SMILES string of the molecule is C=CCN1C(=O)/C(=C/c2ccncc2)NC1=S. The standard InChI is InChI=1S/C12H11N3OS/c1-2-7-15-11(16)10(14-12(15)17)8-9-3-5-13-6-4-9/h2-6,8H,1,7H2,(H,14,17)/b10-8-. The molecule has 0 unspecified atom stereocenters. The summed E-state index contributed by atoms with van der Waals surface area (Å²) in [7, 11) is 0. The maximum absolute atomic E-state index is 12.0. The second kappa shape index (κ2) is 4.88. The summed E-state index contributed by atoms with van der Waals surface area (Å²) in [6, 6.07) is 3.64. The van der Waals surface area contributed by atoms with Crippen LogP contribution in [0.5, 0.6) is 0 Å². The van der Waals surface area contributed by atoms with E-state index in [-0.39, 0.29) is 5.91 Å². The highest BCUT2D eigenvalue weighted by atomic mass is 32.1. The lowest BCUT2D eigenvalue weighted by Gasteiger charge is -2.09. The van der Waals surface area contributed by atoms with Gasteiger partial charge < -0.3 is 5.32 Å². The number of amides is 1. The summed E-state index contributed by atoms with van der Waals surface area (Å²) in [5, 5.41) is 3.30. The Morgan fingerprint density at radius 2 is 2.18 bits per heavy atom. The second-order valence-electron chi connectivity index (χ2n) is 3.47. The number of aromatic nitrogens is 1. The molecule has 1 aromatic rings. The zero-order valence-corrected chi connectivity index (χ0v) is 9.91. The fourth-order valence-electron chi connectivity index (χ4n) is 1.49. The van der Waals surface area contributed by atoms with Crippen LogP contribution in [0.4, 0.5) is 0 Å². The summed E-state index contributed by atoms with van der Waals surface area (Å²) in [6.45, 7) is 4.01. The van der Waals surface area contributed by atoms with Crippen molar-refractivity contribution >= 4 is 29.3 Å². The molecule has 0 atom stereocenters. The average molecular weight is 245 g/mol. The van der Waals surface area contributed by atoms with E-state index in [1.165, 1.54) is 4.90 Å². The molecule has 1 fully saturated rings. The average Bonchev–Trinajstić information content (AvgIpc) is 2.59. The lowest BCUT2D eigenvalue weighted by Crippen LogP contribution is -2.30. The quantitative estimate of drug-likeness (QED) is 0.495. The molecule has 17 heavy (non-hydrogen) atoms. The summed E-state index contributed by atoms with van der Waals surface area (Å²) in [4.78, 5) is 17.3. The Bertz CT molecular complexity index is 496. The number of carbonyl (C=O) groups excluding carboxylic acids is 1. The van der Waals surface area contributed by atoms with E-state index < -0.39 is 0 Å². The molecule has 0 spiro atoms. The molecule has 0 aromatic carbocycles. The van der Waals surface area contributed by atoms with Crippen molar-refractivity contribution in [3.8, 4) is 0 Å². The third-order valence-electron chi connectivity index (χ3n) is 2.29. The molecule has 1 amide bonds. The summed E-state index contributed by atoms with van der Waals surface area (Å²) in [5.41, 5.74) is 1.38. The summed E-state index contributed by atoms with van der Waals surface area (Å²) in [6.07, 6.45) is 6.73. The minimum Gasteiger partial charge on any atom is -0.328 e. The highest BCUT2D eigenvalue weighted by molar-refractivity contribution is 7.80. The van der Waals surface area contributed by atoms with Crippen LogP contribution < -0.4 is 5.32 Å². The van der Waals surface area contributed by atoms with E-state index in [0.717, 1.165) is 5.56 Å². The molecule has 0 radical (unpaired) electrons. The number of rotatable bonds is 3. The van der Waals surface area contributed by atoms with Crippen molar-refractivity contribution in [1.29, 1.82) is 0 Å². The predicted octanol–water partition coefficient (Wildman–Crippen LogP) is 1.33. The van der Waals surface area contributed by atoms with Gasteiger partial charge in [0.25, 0.3) is 5.91 Å². The minimum absolute atomic E-state index is 0.133.